The summed E-state index contributed by atoms with van der Waals surface area (Å²) in [5.41, 5.74) is -0.708. The van der Waals surface area contributed by atoms with Crippen LogP contribution in [-0.2, 0) is 9.47 Å². The molecule has 0 aliphatic carbocycles. The van der Waals surface area contributed by atoms with Crippen LogP contribution in [0.5, 0.6) is 0 Å². The number of hydrogen-bond acceptors (Lipinski definition) is 4. The Bertz CT molecular complexity index is 783. The summed E-state index contributed by atoms with van der Waals surface area (Å²) in [7, 11) is 0. The molecule has 0 heterocycles. The van der Waals surface area contributed by atoms with Crippen molar-refractivity contribution in [1.29, 1.82) is 0 Å². The first-order valence-electron chi connectivity index (χ1n) is 10.1. The van der Waals surface area contributed by atoms with Crippen molar-refractivity contribution < 1.29 is 54.2 Å². The maximum absolute atomic E-state index is 13.5. The van der Waals surface area contributed by atoms with E-state index < -0.39 is 48.3 Å². The standard InChI is InChI=1S/C21H24F8O4/c1-2-3-4-5-6-7-11-32-16(30)14-9-8-10-15(12-14)17(31)33-13-19(24,25)21(28,29)20(26,27)18(22)23/h8-10,12,18H,2-7,11,13H2,1H3. The van der Waals surface area contributed by atoms with E-state index in [1.807, 2.05) is 0 Å². The molecule has 0 aliphatic rings. The average Bonchev–Trinajstić information content (AvgIpc) is 2.76. The second-order valence-corrected chi connectivity index (χ2v) is 7.26. The van der Waals surface area contributed by atoms with E-state index in [0.29, 0.717) is 6.42 Å². The number of benzene rings is 1. The summed E-state index contributed by atoms with van der Waals surface area (Å²) in [6.45, 7) is -0.425. The van der Waals surface area contributed by atoms with E-state index in [1.165, 1.54) is 6.07 Å². The molecule has 0 aliphatic heterocycles. The molecule has 0 saturated carbocycles. The van der Waals surface area contributed by atoms with Gasteiger partial charge in [0, 0.05) is 0 Å². The number of hydrogen-bond donors (Lipinski definition) is 0. The SMILES string of the molecule is CCCCCCCCOC(=O)c1cccc(C(=O)OCC(F)(F)C(F)(F)C(F)(F)C(F)F)c1. The van der Waals surface area contributed by atoms with Crippen molar-refractivity contribution in [1.82, 2.24) is 0 Å². The van der Waals surface area contributed by atoms with Gasteiger partial charge in [-0.2, -0.15) is 26.3 Å². The summed E-state index contributed by atoms with van der Waals surface area (Å²) in [4.78, 5) is 23.9. The summed E-state index contributed by atoms with van der Waals surface area (Å²) in [5, 5.41) is 0. The van der Waals surface area contributed by atoms with Crippen molar-refractivity contribution in [3.63, 3.8) is 0 Å². The predicted octanol–water partition coefficient (Wildman–Crippen LogP) is 6.53. The van der Waals surface area contributed by atoms with Gasteiger partial charge >= 0.3 is 36.1 Å². The lowest BCUT2D eigenvalue weighted by atomic mass is 10.1. The molecule has 0 spiro atoms. The molecule has 0 unspecified atom stereocenters. The minimum atomic E-state index is -6.49. The van der Waals surface area contributed by atoms with Crippen LogP contribution in [0, 0.1) is 0 Å². The van der Waals surface area contributed by atoms with Crippen LogP contribution < -0.4 is 0 Å². The third-order valence-corrected chi connectivity index (χ3v) is 4.60. The number of halogens is 8. The molecule has 1 rings (SSSR count). The minimum Gasteiger partial charge on any atom is -0.462 e. The molecule has 0 radical (unpaired) electrons. The van der Waals surface area contributed by atoms with Crippen LogP contribution in [-0.4, -0.2) is 49.3 Å². The molecule has 188 valence electrons. The predicted molar refractivity (Wildman–Crippen MR) is 101 cm³/mol. The Kier molecular flexibility index (Phi) is 10.6. The molecule has 0 fully saturated rings. The van der Waals surface area contributed by atoms with Crippen LogP contribution in [0.3, 0.4) is 0 Å². The molecular formula is C21H24F8O4. The van der Waals surface area contributed by atoms with Crippen molar-refractivity contribution >= 4 is 11.9 Å². The summed E-state index contributed by atoms with van der Waals surface area (Å²) >= 11 is 0. The van der Waals surface area contributed by atoms with Gasteiger partial charge in [-0.15, -0.1) is 0 Å². The van der Waals surface area contributed by atoms with E-state index in [2.05, 4.69) is 11.7 Å². The molecule has 0 saturated heterocycles. The fourth-order valence-electron chi connectivity index (χ4n) is 2.61. The van der Waals surface area contributed by atoms with Gasteiger partial charge in [-0.05, 0) is 24.6 Å². The molecule has 0 amide bonds. The Labute approximate surface area is 185 Å². The number of ether oxygens (including phenoxy) is 2. The van der Waals surface area contributed by atoms with Gasteiger partial charge < -0.3 is 9.47 Å². The van der Waals surface area contributed by atoms with E-state index in [1.54, 1.807) is 0 Å². The Morgan fingerprint density at radius 3 is 1.91 bits per heavy atom. The topological polar surface area (TPSA) is 52.6 Å². The van der Waals surface area contributed by atoms with Gasteiger partial charge in [-0.3, -0.25) is 0 Å². The molecule has 12 heteroatoms. The van der Waals surface area contributed by atoms with Gasteiger partial charge in [-0.25, -0.2) is 18.4 Å². The first-order chi connectivity index (χ1) is 15.3. The fourth-order valence-corrected chi connectivity index (χ4v) is 2.61. The first kappa shape index (κ1) is 28.6. The number of carbonyl (C=O) groups is 2. The molecule has 1 aromatic carbocycles. The number of carbonyl (C=O) groups excluding carboxylic acids is 2. The van der Waals surface area contributed by atoms with Crippen LogP contribution in [0.1, 0.15) is 66.2 Å². The highest BCUT2D eigenvalue weighted by molar-refractivity contribution is 5.95. The minimum absolute atomic E-state index is 0.0965. The third kappa shape index (κ3) is 7.56. The monoisotopic (exact) mass is 492 g/mol. The Hall–Kier alpha value is -2.40. The van der Waals surface area contributed by atoms with Gasteiger partial charge in [0.05, 0.1) is 17.7 Å². The summed E-state index contributed by atoms with van der Waals surface area (Å²) in [6, 6.07) is 4.23. The van der Waals surface area contributed by atoms with Crippen LogP contribution >= 0.6 is 0 Å². The highest BCUT2D eigenvalue weighted by Crippen LogP contribution is 2.48. The van der Waals surface area contributed by atoms with E-state index in [-0.39, 0.29) is 12.2 Å². The highest BCUT2D eigenvalue weighted by Gasteiger charge is 2.75. The quantitative estimate of drug-likeness (QED) is 0.168. The van der Waals surface area contributed by atoms with E-state index in [0.717, 1.165) is 50.3 Å². The Morgan fingerprint density at radius 1 is 0.848 bits per heavy atom. The number of unbranched alkanes of at least 4 members (excludes halogenated alkanes) is 5. The largest absolute Gasteiger partial charge is 0.462 e. The van der Waals surface area contributed by atoms with Crippen molar-refractivity contribution in [2.45, 2.75) is 69.6 Å². The Morgan fingerprint density at radius 2 is 1.36 bits per heavy atom. The second-order valence-electron chi connectivity index (χ2n) is 7.26. The molecule has 1 aromatic rings. The molecule has 33 heavy (non-hydrogen) atoms. The van der Waals surface area contributed by atoms with Gasteiger partial charge in [0.2, 0.25) is 0 Å². The van der Waals surface area contributed by atoms with Crippen LogP contribution in [0.25, 0.3) is 0 Å². The van der Waals surface area contributed by atoms with E-state index in [4.69, 9.17) is 4.74 Å². The van der Waals surface area contributed by atoms with Gasteiger partial charge in [-0.1, -0.05) is 45.1 Å². The molecule has 0 N–H and O–H groups in total. The van der Waals surface area contributed by atoms with Crippen LogP contribution in [0.2, 0.25) is 0 Å². The van der Waals surface area contributed by atoms with E-state index in [9.17, 15) is 44.7 Å². The van der Waals surface area contributed by atoms with Crippen molar-refractivity contribution in [3.8, 4) is 0 Å². The normalized spacial score (nSPS) is 12.7. The molecule has 0 atom stereocenters. The third-order valence-electron chi connectivity index (χ3n) is 4.60. The zero-order chi connectivity index (χ0) is 25.3. The second kappa shape index (κ2) is 12.2. The maximum Gasteiger partial charge on any atom is 0.381 e. The maximum atomic E-state index is 13.5. The average molecular weight is 492 g/mol. The lowest BCUT2D eigenvalue weighted by Gasteiger charge is -2.31. The Balaban J connectivity index is 2.68. The zero-order valence-corrected chi connectivity index (χ0v) is 17.7. The highest BCUT2D eigenvalue weighted by atomic mass is 19.4. The summed E-state index contributed by atoms with van der Waals surface area (Å²) in [5.74, 6) is -21.1. The lowest BCUT2D eigenvalue weighted by molar-refractivity contribution is -0.343. The number of esters is 2. The number of alkyl halides is 8. The van der Waals surface area contributed by atoms with Gasteiger partial charge in [0.15, 0.2) is 6.61 Å². The lowest BCUT2D eigenvalue weighted by Crippen LogP contribution is -2.59. The van der Waals surface area contributed by atoms with Crippen LogP contribution in [0.15, 0.2) is 24.3 Å². The smallest absolute Gasteiger partial charge is 0.381 e. The molecule has 0 bridgehead atoms. The number of rotatable bonds is 14. The molecular weight excluding hydrogens is 468 g/mol. The molecule has 0 aromatic heterocycles. The van der Waals surface area contributed by atoms with Gasteiger partial charge in [0.1, 0.15) is 0 Å². The van der Waals surface area contributed by atoms with E-state index >= 15 is 0 Å². The fraction of sp³-hybridized carbons (Fsp3) is 0.619. The van der Waals surface area contributed by atoms with Crippen molar-refractivity contribution in [3.05, 3.63) is 35.4 Å². The van der Waals surface area contributed by atoms with Crippen molar-refractivity contribution in [2.75, 3.05) is 13.2 Å². The van der Waals surface area contributed by atoms with Gasteiger partial charge in [0.25, 0.3) is 0 Å². The first-order valence-corrected chi connectivity index (χ1v) is 10.1. The van der Waals surface area contributed by atoms with Crippen LogP contribution in [0.4, 0.5) is 35.1 Å². The van der Waals surface area contributed by atoms with Crippen molar-refractivity contribution in [2.24, 2.45) is 0 Å². The zero-order valence-electron chi connectivity index (χ0n) is 17.7. The summed E-state index contributed by atoms with van der Waals surface area (Å²) < 4.78 is 112. The summed E-state index contributed by atoms with van der Waals surface area (Å²) in [6.07, 6.45) is 0.566. The molecule has 4 nitrogen and oxygen atoms in total.